The van der Waals surface area contributed by atoms with Crippen LogP contribution >= 0.6 is 15.9 Å². The quantitative estimate of drug-likeness (QED) is 0.186. The molecule has 6 aromatic rings. The molecule has 270 valence electrons. The molecular formula is C38H40BBrN4O8. The molecule has 2 unspecified atom stereocenters. The zero-order chi connectivity index (χ0) is 36.8. The van der Waals surface area contributed by atoms with Crippen molar-refractivity contribution in [3.63, 3.8) is 0 Å². The first-order valence-electron chi connectivity index (χ1n) is 17.1. The molecule has 52 heavy (non-hydrogen) atoms. The minimum Gasteiger partial charge on any atom is -0.408 e. The smallest absolute Gasteiger partial charge is 0.408 e. The van der Waals surface area contributed by atoms with Gasteiger partial charge in [-0.3, -0.25) is 19.1 Å². The minimum atomic E-state index is -0.436. The Morgan fingerprint density at radius 1 is 0.731 bits per heavy atom. The predicted octanol–water partition coefficient (Wildman–Crippen LogP) is 6.39. The van der Waals surface area contributed by atoms with Gasteiger partial charge in [-0.2, -0.15) is 0 Å². The number of pyridine rings is 2. The second kappa shape index (κ2) is 14.2. The van der Waals surface area contributed by atoms with Gasteiger partial charge < -0.3 is 27.6 Å². The second-order valence-corrected chi connectivity index (χ2v) is 14.9. The molecule has 3 fully saturated rings. The third-order valence-electron chi connectivity index (χ3n) is 10.2. The standard InChI is InChI=1S/C16H14N2O3.C14H18BNO4.C8H8BrNO/c1-18-13-8-10(2-3-15(13)21-16(18)19)12-9-17-6-4-11(12)14-5-7-20-14;1-13(2)14(3,4)20-15(19-13)9-6-7-11-10(8-9)16(5)12(17)18-11;9-7-5-10-3-1-6(7)8-2-4-11-8/h2-4,6,8-9,14H,5,7H2,1H3;6-8H,1-5H3;1,3,5,8H,2,4H2. The Balaban J connectivity index is 0.000000127. The van der Waals surface area contributed by atoms with Crippen molar-refractivity contribution < 1.29 is 27.6 Å². The highest BCUT2D eigenvalue weighted by molar-refractivity contribution is 9.10. The Labute approximate surface area is 308 Å². The van der Waals surface area contributed by atoms with E-state index in [1.807, 2.05) is 76.4 Å². The van der Waals surface area contributed by atoms with Crippen LogP contribution in [-0.2, 0) is 32.9 Å². The zero-order valence-corrected chi connectivity index (χ0v) is 31.5. The van der Waals surface area contributed by atoms with Crippen LogP contribution in [0.2, 0.25) is 0 Å². The molecule has 3 aliphatic rings. The van der Waals surface area contributed by atoms with E-state index in [0.29, 0.717) is 17.3 Å². The molecular weight excluding hydrogens is 731 g/mol. The van der Waals surface area contributed by atoms with E-state index < -0.39 is 7.12 Å². The van der Waals surface area contributed by atoms with Gasteiger partial charge in [0.05, 0.1) is 47.7 Å². The summed E-state index contributed by atoms with van der Waals surface area (Å²) in [5.74, 6) is -0.720. The average molecular weight is 771 g/mol. The monoisotopic (exact) mass is 770 g/mol. The molecule has 0 spiro atoms. The lowest BCUT2D eigenvalue weighted by molar-refractivity contribution is -0.0531. The van der Waals surface area contributed by atoms with Gasteiger partial charge in [0.15, 0.2) is 11.2 Å². The van der Waals surface area contributed by atoms with Crippen LogP contribution in [0.4, 0.5) is 0 Å². The van der Waals surface area contributed by atoms with E-state index in [1.165, 1.54) is 14.7 Å². The molecule has 0 amide bonds. The highest BCUT2D eigenvalue weighted by Crippen LogP contribution is 2.38. The number of nitrogens with zero attached hydrogens (tertiary/aromatic N) is 4. The topological polar surface area (TPSA) is 133 Å². The first kappa shape index (κ1) is 36.0. The van der Waals surface area contributed by atoms with Gasteiger partial charge in [-0.1, -0.05) is 12.1 Å². The summed E-state index contributed by atoms with van der Waals surface area (Å²) >= 11 is 3.43. The molecule has 3 saturated heterocycles. The van der Waals surface area contributed by atoms with E-state index in [0.717, 1.165) is 63.7 Å². The maximum Gasteiger partial charge on any atom is 0.494 e. The number of aryl methyl sites for hydroxylation is 2. The van der Waals surface area contributed by atoms with E-state index in [1.54, 1.807) is 38.8 Å². The average Bonchev–Trinajstić information content (AvgIpc) is 3.61. The number of benzene rings is 2. The Morgan fingerprint density at radius 2 is 1.25 bits per heavy atom. The third kappa shape index (κ3) is 6.93. The number of halogens is 1. The van der Waals surface area contributed by atoms with Crippen LogP contribution in [0.5, 0.6) is 0 Å². The van der Waals surface area contributed by atoms with Crippen molar-refractivity contribution in [1.29, 1.82) is 0 Å². The highest BCUT2D eigenvalue weighted by atomic mass is 79.9. The summed E-state index contributed by atoms with van der Waals surface area (Å²) in [6.45, 7) is 9.75. The van der Waals surface area contributed by atoms with Crippen LogP contribution in [0, 0.1) is 0 Å². The molecule has 7 heterocycles. The lowest BCUT2D eigenvalue weighted by Crippen LogP contribution is -2.41. The normalized spacial score (nSPS) is 20.0. The molecule has 12 nitrogen and oxygen atoms in total. The van der Waals surface area contributed by atoms with Gasteiger partial charge in [0, 0.05) is 61.8 Å². The number of hydrogen-bond acceptors (Lipinski definition) is 10. The molecule has 4 aromatic heterocycles. The lowest BCUT2D eigenvalue weighted by atomic mass is 9.79. The van der Waals surface area contributed by atoms with Gasteiger partial charge in [-0.25, -0.2) is 9.59 Å². The van der Waals surface area contributed by atoms with Crippen LogP contribution in [0.15, 0.2) is 96.2 Å². The maximum atomic E-state index is 11.6. The summed E-state index contributed by atoms with van der Waals surface area (Å²) < 4.78 is 37.3. The van der Waals surface area contributed by atoms with Crippen LogP contribution in [0.3, 0.4) is 0 Å². The van der Waals surface area contributed by atoms with E-state index in [9.17, 15) is 9.59 Å². The summed E-state index contributed by atoms with van der Waals surface area (Å²) in [7, 11) is 2.95. The molecule has 0 bridgehead atoms. The fourth-order valence-corrected chi connectivity index (χ4v) is 6.61. The molecule has 2 aromatic carbocycles. The summed E-state index contributed by atoms with van der Waals surface area (Å²) in [5.41, 5.74) is 7.21. The molecule has 0 saturated carbocycles. The lowest BCUT2D eigenvalue weighted by Gasteiger charge is -2.32. The van der Waals surface area contributed by atoms with Crippen molar-refractivity contribution in [2.45, 2.75) is 63.9 Å². The van der Waals surface area contributed by atoms with Crippen LogP contribution in [0.1, 0.15) is 63.9 Å². The Bertz CT molecular complexity index is 2340. The van der Waals surface area contributed by atoms with Crippen LogP contribution in [-0.4, -0.2) is 50.6 Å². The molecule has 2 atom stereocenters. The number of oxazole rings is 2. The van der Waals surface area contributed by atoms with Gasteiger partial charge in [-0.05, 0) is 102 Å². The molecule has 3 aliphatic heterocycles. The molecule has 14 heteroatoms. The van der Waals surface area contributed by atoms with Gasteiger partial charge in [0.2, 0.25) is 0 Å². The molecule has 0 N–H and O–H groups in total. The first-order chi connectivity index (χ1) is 24.8. The molecule has 9 rings (SSSR count). The summed E-state index contributed by atoms with van der Waals surface area (Å²) in [6, 6.07) is 15.2. The van der Waals surface area contributed by atoms with Crippen molar-refractivity contribution in [2.24, 2.45) is 14.1 Å². The zero-order valence-electron chi connectivity index (χ0n) is 29.9. The number of ether oxygens (including phenoxy) is 2. The first-order valence-corrected chi connectivity index (χ1v) is 17.9. The predicted molar refractivity (Wildman–Crippen MR) is 200 cm³/mol. The van der Waals surface area contributed by atoms with E-state index in [-0.39, 0.29) is 28.8 Å². The number of aromatic nitrogens is 4. The second-order valence-electron chi connectivity index (χ2n) is 14.0. The van der Waals surface area contributed by atoms with Crippen LogP contribution < -0.4 is 17.0 Å². The third-order valence-corrected chi connectivity index (χ3v) is 10.9. The maximum absolute atomic E-state index is 11.6. The van der Waals surface area contributed by atoms with Crippen molar-refractivity contribution in [2.75, 3.05) is 13.2 Å². The minimum absolute atomic E-state index is 0.145. The van der Waals surface area contributed by atoms with Crippen molar-refractivity contribution >= 4 is 50.7 Å². The highest BCUT2D eigenvalue weighted by Gasteiger charge is 2.51. The molecule has 0 aliphatic carbocycles. The summed E-state index contributed by atoms with van der Waals surface area (Å²) in [6.07, 6.45) is 9.83. The van der Waals surface area contributed by atoms with Gasteiger partial charge in [0.1, 0.15) is 0 Å². The van der Waals surface area contributed by atoms with Crippen molar-refractivity contribution in [3.05, 3.63) is 110 Å². The summed E-state index contributed by atoms with van der Waals surface area (Å²) in [5, 5.41) is 0. The van der Waals surface area contributed by atoms with E-state index in [2.05, 4.69) is 25.9 Å². The Hall–Kier alpha value is -4.34. The van der Waals surface area contributed by atoms with E-state index >= 15 is 0 Å². The van der Waals surface area contributed by atoms with Crippen molar-refractivity contribution in [1.82, 2.24) is 19.1 Å². The van der Waals surface area contributed by atoms with E-state index in [4.69, 9.17) is 27.6 Å². The summed E-state index contributed by atoms with van der Waals surface area (Å²) in [4.78, 5) is 31.3. The fourth-order valence-electron chi connectivity index (χ4n) is 6.10. The number of hydrogen-bond donors (Lipinski definition) is 0. The van der Waals surface area contributed by atoms with Crippen LogP contribution in [0.25, 0.3) is 33.3 Å². The van der Waals surface area contributed by atoms with Crippen molar-refractivity contribution in [3.8, 4) is 11.1 Å². The SMILES string of the molecule is Brc1cnccc1C1CCO1.Cn1c(=O)oc2ccc(-c3cnccc3C3CCO3)cc21.Cn1c(=O)oc2ccc(B3OC(C)(C)C(C)(C)O3)cc21. The number of fused-ring (bicyclic) bond motifs is 2. The molecule has 0 radical (unpaired) electrons. The largest absolute Gasteiger partial charge is 0.494 e. The Kier molecular flexibility index (Phi) is 9.87. The van der Waals surface area contributed by atoms with Gasteiger partial charge in [-0.15, -0.1) is 0 Å². The number of rotatable bonds is 4. The fraction of sp³-hybridized carbons (Fsp3) is 0.368. The van der Waals surface area contributed by atoms with Gasteiger partial charge in [0.25, 0.3) is 0 Å². The van der Waals surface area contributed by atoms with Gasteiger partial charge >= 0.3 is 18.6 Å². The Morgan fingerprint density at radius 3 is 1.81 bits per heavy atom.